The van der Waals surface area contributed by atoms with Crippen LogP contribution < -0.4 is 5.56 Å². The first kappa shape index (κ1) is 14.0. The molecule has 1 aromatic carbocycles. The Morgan fingerprint density at radius 1 is 1.25 bits per heavy atom. The average molecular weight is 290 g/mol. The lowest BCUT2D eigenvalue weighted by Crippen LogP contribution is -2.18. The number of thioether (sulfide) groups is 1. The lowest BCUT2D eigenvalue weighted by Gasteiger charge is -2.01. The van der Waals surface area contributed by atoms with Gasteiger partial charge in [-0.25, -0.2) is 9.78 Å². The maximum atomic E-state index is 11.8. The fourth-order valence-corrected chi connectivity index (χ4v) is 2.17. The van der Waals surface area contributed by atoms with Crippen LogP contribution in [0.5, 0.6) is 0 Å². The number of aromatic amines is 1. The van der Waals surface area contributed by atoms with Crippen molar-refractivity contribution >= 4 is 23.5 Å². The molecule has 1 heterocycles. The first-order chi connectivity index (χ1) is 9.58. The second kappa shape index (κ2) is 6.16. The van der Waals surface area contributed by atoms with Crippen LogP contribution in [0.25, 0.3) is 0 Å². The summed E-state index contributed by atoms with van der Waals surface area (Å²) < 4.78 is 0. The van der Waals surface area contributed by atoms with Crippen molar-refractivity contribution in [1.82, 2.24) is 9.97 Å². The Balaban J connectivity index is 2.05. The van der Waals surface area contributed by atoms with E-state index in [0.29, 0.717) is 5.56 Å². The maximum Gasteiger partial charge on any atom is 0.342 e. The largest absolute Gasteiger partial charge is 0.477 e. The lowest BCUT2D eigenvalue weighted by atomic mass is 10.2. The molecule has 20 heavy (non-hydrogen) atoms. The molecule has 2 rings (SSSR count). The van der Waals surface area contributed by atoms with Crippen molar-refractivity contribution in [2.75, 3.05) is 5.75 Å². The molecule has 1 aromatic heterocycles. The molecule has 102 valence electrons. The molecule has 0 aliphatic rings. The van der Waals surface area contributed by atoms with Gasteiger partial charge in [0, 0.05) is 11.8 Å². The van der Waals surface area contributed by atoms with Gasteiger partial charge in [0.05, 0.1) is 5.75 Å². The SMILES string of the molecule is O=C(CSc1ncc(C(=O)O)c(=O)[nH]1)c1ccccc1. The Kier molecular flexibility index (Phi) is 4.31. The van der Waals surface area contributed by atoms with Crippen LogP contribution in [0.2, 0.25) is 0 Å². The van der Waals surface area contributed by atoms with Crippen molar-refractivity contribution in [3.05, 3.63) is 58.0 Å². The van der Waals surface area contributed by atoms with E-state index in [1.165, 1.54) is 0 Å². The Morgan fingerprint density at radius 2 is 1.95 bits per heavy atom. The van der Waals surface area contributed by atoms with E-state index in [1.807, 2.05) is 6.07 Å². The van der Waals surface area contributed by atoms with Crippen LogP contribution in [0.1, 0.15) is 20.7 Å². The smallest absolute Gasteiger partial charge is 0.342 e. The number of carboxylic acids is 1. The van der Waals surface area contributed by atoms with Crippen LogP contribution in [0.3, 0.4) is 0 Å². The molecule has 7 heteroatoms. The van der Waals surface area contributed by atoms with E-state index in [1.54, 1.807) is 24.3 Å². The normalized spacial score (nSPS) is 10.2. The van der Waals surface area contributed by atoms with Crippen LogP contribution in [0.4, 0.5) is 0 Å². The highest BCUT2D eigenvalue weighted by Gasteiger charge is 2.11. The van der Waals surface area contributed by atoms with Crippen LogP contribution in [0.15, 0.2) is 46.5 Å². The minimum absolute atomic E-state index is 0.0967. The number of H-pyrrole nitrogens is 1. The van der Waals surface area contributed by atoms with Gasteiger partial charge < -0.3 is 10.1 Å². The molecule has 0 radical (unpaired) electrons. The number of ketones is 1. The van der Waals surface area contributed by atoms with Gasteiger partial charge >= 0.3 is 5.97 Å². The second-order valence-corrected chi connectivity index (χ2v) is 4.78. The van der Waals surface area contributed by atoms with E-state index in [4.69, 9.17) is 5.11 Å². The number of nitrogens with one attached hydrogen (secondary N) is 1. The van der Waals surface area contributed by atoms with Crippen molar-refractivity contribution in [2.45, 2.75) is 5.16 Å². The van der Waals surface area contributed by atoms with Crippen molar-refractivity contribution < 1.29 is 14.7 Å². The van der Waals surface area contributed by atoms with Crippen molar-refractivity contribution in [3.8, 4) is 0 Å². The highest BCUT2D eigenvalue weighted by atomic mass is 32.2. The first-order valence-corrected chi connectivity index (χ1v) is 6.60. The minimum atomic E-state index is -1.34. The third-order valence-electron chi connectivity index (χ3n) is 2.44. The zero-order chi connectivity index (χ0) is 14.5. The van der Waals surface area contributed by atoms with Crippen LogP contribution in [0, 0.1) is 0 Å². The summed E-state index contributed by atoms with van der Waals surface area (Å²) in [6.07, 6.45) is 0.983. The minimum Gasteiger partial charge on any atom is -0.477 e. The van der Waals surface area contributed by atoms with Crippen molar-refractivity contribution in [3.63, 3.8) is 0 Å². The summed E-state index contributed by atoms with van der Waals surface area (Å²) in [4.78, 5) is 40.1. The van der Waals surface area contributed by atoms with E-state index in [0.717, 1.165) is 18.0 Å². The van der Waals surface area contributed by atoms with E-state index in [2.05, 4.69) is 9.97 Å². The van der Waals surface area contributed by atoms with Gasteiger partial charge in [-0.1, -0.05) is 42.1 Å². The molecule has 0 atom stereocenters. The number of aromatic carboxylic acids is 1. The van der Waals surface area contributed by atoms with Crippen molar-refractivity contribution in [1.29, 1.82) is 0 Å². The Labute approximate surface area is 117 Å². The van der Waals surface area contributed by atoms with E-state index in [9.17, 15) is 14.4 Å². The summed E-state index contributed by atoms with van der Waals surface area (Å²) in [6, 6.07) is 8.74. The molecule has 2 N–H and O–H groups in total. The quantitative estimate of drug-likeness (QED) is 0.491. The second-order valence-electron chi connectivity index (χ2n) is 3.81. The molecule has 6 nitrogen and oxygen atoms in total. The standard InChI is InChI=1S/C13H10N2O4S/c16-10(8-4-2-1-3-5-8)7-20-13-14-6-9(12(18)19)11(17)15-13/h1-6H,7H2,(H,18,19)(H,14,15,17). The number of carboxylic acid groups (broad SMARTS) is 1. The Morgan fingerprint density at radius 3 is 2.55 bits per heavy atom. The molecule has 0 fully saturated rings. The number of carbonyl (C=O) groups is 2. The monoisotopic (exact) mass is 290 g/mol. The highest BCUT2D eigenvalue weighted by Crippen LogP contribution is 2.13. The predicted octanol–water partition coefficient (Wildman–Crippen LogP) is 1.44. The molecule has 0 saturated heterocycles. The molecule has 0 aliphatic carbocycles. The molecule has 0 spiro atoms. The van der Waals surface area contributed by atoms with Crippen LogP contribution >= 0.6 is 11.8 Å². The lowest BCUT2D eigenvalue weighted by molar-refractivity contribution is 0.0694. The number of hydrogen-bond donors (Lipinski definition) is 2. The summed E-state index contributed by atoms with van der Waals surface area (Å²) in [6.45, 7) is 0. The van der Waals surface area contributed by atoms with Crippen LogP contribution in [-0.4, -0.2) is 32.6 Å². The number of rotatable bonds is 5. The molecule has 0 aliphatic heterocycles. The third-order valence-corrected chi connectivity index (χ3v) is 3.33. The first-order valence-electron chi connectivity index (χ1n) is 5.61. The summed E-state index contributed by atoms with van der Waals surface area (Å²) in [5.74, 6) is -1.32. The predicted molar refractivity (Wildman–Crippen MR) is 73.3 cm³/mol. The molecule has 0 saturated carbocycles. The fourth-order valence-electron chi connectivity index (χ4n) is 1.45. The summed E-state index contributed by atoms with van der Waals surface area (Å²) in [5.41, 5.74) is -0.588. The van der Waals surface area contributed by atoms with Crippen molar-refractivity contribution in [2.24, 2.45) is 0 Å². The average Bonchev–Trinajstić information content (AvgIpc) is 2.45. The van der Waals surface area contributed by atoms with E-state index in [-0.39, 0.29) is 16.7 Å². The molecule has 2 aromatic rings. The summed E-state index contributed by atoms with van der Waals surface area (Å²) >= 11 is 1.05. The van der Waals surface area contributed by atoms with E-state index >= 15 is 0 Å². The molecule has 0 unspecified atom stereocenters. The molecular formula is C13H10N2O4S. The van der Waals surface area contributed by atoms with Gasteiger partial charge in [-0.2, -0.15) is 0 Å². The van der Waals surface area contributed by atoms with Gasteiger partial charge in [0.15, 0.2) is 10.9 Å². The summed E-state index contributed by atoms with van der Waals surface area (Å²) in [5, 5.41) is 8.91. The zero-order valence-electron chi connectivity index (χ0n) is 10.2. The van der Waals surface area contributed by atoms with Gasteiger partial charge in [-0.15, -0.1) is 0 Å². The number of aromatic nitrogens is 2. The number of hydrogen-bond acceptors (Lipinski definition) is 5. The fraction of sp³-hybridized carbons (Fsp3) is 0.0769. The number of benzene rings is 1. The van der Waals surface area contributed by atoms with Gasteiger partial charge in [0.2, 0.25) is 0 Å². The van der Waals surface area contributed by atoms with Gasteiger partial charge in [-0.3, -0.25) is 9.59 Å². The number of Topliss-reactive ketones (excluding diaryl/α,β-unsaturated/α-hetero) is 1. The highest BCUT2D eigenvalue weighted by molar-refractivity contribution is 7.99. The third kappa shape index (κ3) is 3.33. The molecular weight excluding hydrogens is 280 g/mol. The zero-order valence-corrected chi connectivity index (χ0v) is 11.0. The topological polar surface area (TPSA) is 100 Å². The Hall–Kier alpha value is -2.41. The number of nitrogens with zero attached hydrogens (tertiary/aromatic N) is 1. The maximum absolute atomic E-state index is 11.8. The van der Waals surface area contributed by atoms with Gasteiger partial charge in [-0.05, 0) is 0 Å². The molecule has 0 bridgehead atoms. The van der Waals surface area contributed by atoms with Crippen LogP contribution in [-0.2, 0) is 0 Å². The van der Waals surface area contributed by atoms with E-state index < -0.39 is 17.1 Å². The van der Waals surface area contributed by atoms with Gasteiger partial charge in [0.25, 0.3) is 5.56 Å². The summed E-state index contributed by atoms with van der Waals surface area (Å²) in [7, 11) is 0. The van der Waals surface area contributed by atoms with Gasteiger partial charge in [0.1, 0.15) is 5.56 Å². The molecule has 0 amide bonds. The number of carbonyl (C=O) groups excluding carboxylic acids is 1. The Bertz CT molecular complexity index is 697.